The van der Waals surface area contributed by atoms with Crippen molar-refractivity contribution in [1.82, 2.24) is 15.3 Å². The van der Waals surface area contributed by atoms with Crippen LogP contribution >= 0.6 is 11.8 Å². The maximum atomic E-state index is 12.0. The number of aromatic amines is 1. The van der Waals surface area contributed by atoms with E-state index in [1.54, 1.807) is 0 Å². The fourth-order valence-electron chi connectivity index (χ4n) is 1.63. The fraction of sp³-hybridized carbons (Fsp3) is 0.417. The van der Waals surface area contributed by atoms with Crippen LogP contribution in [0.4, 0.5) is 13.2 Å². The molecule has 104 valence electrons. The number of nitrogens with zero attached hydrogens (tertiary/aromatic N) is 1. The highest BCUT2D eigenvalue weighted by Gasteiger charge is 2.26. The van der Waals surface area contributed by atoms with E-state index in [1.807, 2.05) is 31.2 Å². The Morgan fingerprint density at radius 3 is 2.79 bits per heavy atom. The number of para-hydroxylation sites is 2. The molecule has 1 aromatic carbocycles. The topological polar surface area (TPSA) is 40.7 Å². The molecule has 1 atom stereocenters. The molecule has 2 aromatic rings. The molecule has 19 heavy (non-hydrogen) atoms. The van der Waals surface area contributed by atoms with Crippen molar-refractivity contribution in [2.24, 2.45) is 0 Å². The van der Waals surface area contributed by atoms with Crippen molar-refractivity contribution >= 4 is 22.8 Å². The molecule has 0 aliphatic heterocycles. The van der Waals surface area contributed by atoms with Crippen molar-refractivity contribution in [3.8, 4) is 0 Å². The van der Waals surface area contributed by atoms with Gasteiger partial charge in [-0.25, -0.2) is 4.98 Å². The number of H-pyrrole nitrogens is 1. The lowest BCUT2D eigenvalue weighted by Gasteiger charge is -2.12. The molecular formula is C12H14F3N3S. The number of nitrogens with one attached hydrogen (secondary N) is 2. The Balaban J connectivity index is 1.86. The lowest BCUT2D eigenvalue weighted by Crippen LogP contribution is -2.32. The first-order chi connectivity index (χ1) is 8.94. The van der Waals surface area contributed by atoms with Crippen LogP contribution < -0.4 is 5.32 Å². The molecule has 2 rings (SSSR count). The number of rotatable bonds is 5. The zero-order chi connectivity index (χ0) is 13.9. The number of benzene rings is 1. The third-order valence-corrected chi connectivity index (χ3v) is 3.42. The van der Waals surface area contributed by atoms with Gasteiger partial charge in [-0.1, -0.05) is 30.8 Å². The standard InChI is InChI=1S/C12H14F3N3S/c1-8(6-16-7-12(13,14)15)19-11-17-9-4-2-3-5-10(9)18-11/h2-5,8,16H,6-7H2,1H3,(H,17,18). The summed E-state index contributed by atoms with van der Waals surface area (Å²) < 4.78 is 36.0. The first kappa shape index (κ1) is 14.2. The molecule has 2 N–H and O–H groups in total. The van der Waals surface area contributed by atoms with Gasteiger partial charge in [-0.15, -0.1) is 0 Å². The van der Waals surface area contributed by atoms with E-state index >= 15 is 0 Å². The summed E-state index contributed by atoms with van der Waals surface area (Å²) >= 11 is 1.42. The van der Waals surface area contributed by atoms with Gasteiger partial charge in [0.05, 0.1) is 17.6 Å². The van der Waals surface area contributed by atoms with Crippen LogP contribution in [0.3, 0.4) is 0 Å². The van der Waals surface area contributed by atoms with Gasteiger partial charge >= 0.3 is 6.18 Å². The summed E-state index contributed by atoms with van der Waals surface area (Å²) in [6.07, 6.45) is -4.16. The van der Waals surface area contributed by atoms with Gasteiger partial charge in [-0.05, 0) is 12.1 Å². The Bertz CT molecular complexity index is 505. The normalized spacial score (nSPS) is 13.9. The van der Waals surface area contributed by atoms with Crippen LogP contribution in [0, 0.1) is 0 Å². The molecule has 0 amide bonds. The van der Waals surface area contributed by atoms with Gasteiger partial charge in [-0.3, -0.25) is 0 Å². The van der Waals surface area contributed by atoms with Crippen molar-refractivity contribution in [3.05, 3.63) is 24.3 Å². The fourth-order valence-corrected chi connectivity index (χ4v) is 2.54. The third kappa shape index (κ3) is 4.43. The van der Waals surface area contributed by atoms with Crippen LogP contribution in [-0.4, -0.2) is 34.5 Å². The second-order valence-corrected chi connectivity index (χ2v) is 5.66. The molecule has 7 heteroatoms. The highest BCUT2D eigenvalue weighted by molar-refractivity contribution is 7.99. The van der Waals surface area contributed by atoms with Crippen LogP contribution in [0.15, 0.2) is 29.4 Å². The van der Waals surface area contributed by atoms with Gasteiger partial charge in [0.25, 0.3) is 0 Å². The average Bonchev–Trinajstić information content (AvgIpc) is 2.68. The molecule has 1 aromatic heterocycles. The highest BCUT2D eigenvalue weighted by atomic mass is 32.2. The molecule has 1 unspecified atom stereocenters. The van der Waals surface area contributed by atoms with Crippen molar-refractivity contribution in [2.45, 2.75) is 23.5 Å². The Hall–Kier alpha value is -1.21. The summed E-state index contributed by atoms with van der Waals surface area (Å²) in [5, 5.41) is 3.12. The third-order valence-electron chi connectivity index (χ3n) is 2.44. The van der Waals surface area contributed by atoms with Crippen LogP contribution in [0.2, 0.25) is 0 Å². The number of hydrogen-bond acceptors (Lipinski definition) is 3. The summed E-state index contributed by atoms with van der Waals surface area (Å²) in [6, 6.07) is 7.61. The predicted octanol–water partition coefficient (Wildman–Crippen LogP) is 3.20. The first-order valence-corrected chi connectivity index (χ1v) is 6.71. The van der Waals surface area contributed by atoms with E-state index in [-0.39, 0.29) is 11.8 Å². The van der Waals surface area contributed by atoms with Crippen LogP contribution in [0.1, 0.15) is 6.92 Å². The van der Waals surface area contributed by atoms with Gasteiger partial charge in [0.15, 0.2) is 5.16 Å². The monoisotopic (exact) mass is 289 g/mol. The molecule has 0 aliphatic rings. The van der Waals surface area contributed by atoms with Gasteiger partial charge in [0.2, 0.25) is 0 Å². The van der Waals surface area contributed by atoms with E-state index in [2.05, 4.69) is 15.3 Å². The van der Waals surface area contributed by atoms with Crippen molar-refractivity contribution in [2.75, 3.05) is 13.1 Å². The molecule has 0 saturated carbocycles. The molecule has 0 spiro atoms. The minimum Gasteiger partial charge on any atom is -0.333 e. The molecular weight excluding hydrogens is 275 g/mol. The van der Waals surface area contributed by atoms with Crippen LogP contribution in [-0.2, 0) is 0 Å². The van der Waals surface area contributed by atoms with Crippen molar-refractivity contribution in [1.29, 1.82) is 0 Å². The lowest BCUT2D eigenvalue weighted by atomic mass is 10.3. The Kier molecular flexibility index (Phi) is 4.36. The zero-order valence-electron chi connectivity index (χ0n) is 10.3. The van der Waals surface area contributed by atoms with E-state index in [4.69, 9.17) is 0 Å². The van der Waals surface area contributed by atoms with Gasteiger partial charge in [-0.2, -0.15) is 13.2 Å². The highest BCUT2D eigenvalue weighted by Crippen LogP contribution is 2.23. The lowest BCUT2D eigenvalue weighted by molar-refractivity contribution is -0.124. The summed E-state index contributed by atoms with van der Waals surface area (Å²) in [7, 11) is 0. The number of thioether (sulfide) groups is 1. The summed E-state index contributed by atoms with van der Waals surface area (Å²) in [5.41, 5.74) is 1.79. The maximum Gasteiger partial charge on any atom is 0.401 e. The summed E-state index contributed by atoms with van der Waals surface area (Å²) in [6.45, 7) is 1.18. The number of halogens is 3. The predicted molar refractivity (Wildman–Crippen MR) is 70.3 cm³/mol. The SMILES string of the molecule is CC(CNCC(F)(F)F)Sc1nc2ccccc2[nH]1. The molecule has 3 nitrogen and oxygen atoms in total. The average molecular weight is 289 g/mol. The second kappa shape index (κ2) is 5.83. The number of hydrogen-bond donors (Lipinski definition) is 2. The minimum atomic E-state index is -4.16. The second-order valence-electron chi connectivity index (χ2n) is 4.23. The van der Waals surface area contributed by atoms with Crippen LogP contribution in [0.5, 0.6) is 0 Å². The number of fused-ring (bicyclic) bond motifs is 1. The summed E-state index contributed by atoms with van der Waals surface area (Å²) in [5.74, 6) is 0. The van der Waals surface area contributed by atoms with Crippen LogP contribution in [0.25, 0.3) is 11.0 Å². The van der Waals surface area contributed by atoms with E-state index in [0.717, 1.165) is 16.2 Å². The molecule has 1 heterocycles. The Labute approximate surface area is 113 Å². The quantitative estimate of drug-likeness (QED) is 0.831. The van der Waals surface area contributed by atoms with Gasteiger partial charge in [0.1, 0.15) is 0 Å². The maximum absolute atomic E-state index is 12.0. The Morgan fingerprint density at radius 1 is 1.37 bits per heavy atom. The smallest absolute Gasteiger partial charge is 0.333 e. The summed E-state index contributed by atoms with van der Waals surface area (Å²) in [4.78, 5) is 7.50. The molecule has 0 fully saturated rings. The van der Waals surface area contributed by atoms with E-state index in [1.165, 1.54) is 11.8 Å². The molecule has 0 radical (unpaired) electrons. The van der Waals surface area contributed by atoms with E-state index in [9.17, 15) is 13.2 Å². The van der Waals surface area contributed by atoms with E-state index < -0.39 is 12.7 Å². The molecule has 0 bridgehead atoms. The van der Waals surface area contributed by atoms with Crippen molar-refractivity contribution in [3.63, 3.8) is 0 Å². The van der Waals surface area contributed by atoms with Crippen molar-refractivity contribution < 1.29 is 13.2 Å². The molecule has 0 aliphatic carbocycles. The van der Waals surface area contributed by atoms with E-state index in [0.29, 0.717) is 0 Å². The Morgan fingerprint density at radius 2 is 2.11 bits per heavy atom. The number of aromatic nitrogens is 2. The number of imidazole rings is 1. The first-order valence-electron chi connectivity index (χ1n) is 5.83. The number of alkyl halides is 3. The zero-order valence-corrected chi connectivity index (χ0v) is 11.1. The van der Waals surface area contributed by atoms with Gasteiger partial charge in [0, 0.05) is 11.8 Å². The molecule has 0 saturated heterocycles. The minimum absolute atomic E-state index is 0.00270. The van der Waals surface area contributed by atoms with Gasteiger partial charge < -0.3 is 10.3 Å². The largest absolute Gasteiger partial charge is 0.401 e.